The maximum Gasteiger partial charge on any atom is 0.294 e. The third-order valence-electron chi connectivity index (χ3n) is 5.64. The second-order valence-corrected chi connectivity index (χ2v) is 9.61. The van der Waals surface area contributed by atoms with Gasteiger partial charge in [-0.25, -0.2) is 0 Å². The SMILES string of the molecule is COc1cccc(/C=C2/SC(=O)N(CC(=O)Nc3ccc4c(c3)OCO4)C2=O)c1OCc1ccc(Cl)cc1. The fourth-order valence-corrected chi connectivity index (χ4v) is 4.75. The number of amides is 3. The van der Waals surface area contributed by atoms with Crippen LogP contribution < -0.4 is 24.3 Å². The Morgan fingerprint density at radius 2 is 1.89 bits per heavy atom. The Kier molecular flexibility index (Phi) is 7.43. The Morgan fingerprint density at radius 1 is 1.11 bits per heavy atom. The van der Waals surface area contributed by atoms with Gasteiger partial charge in [0.1, 0.15) is 13.2 Å². The quantitative estimate of drug-likeness (QED) is 0.374. The molecular formula is C27H21ClN2O7S. The van der Waals surface area contributed by atoms with Gasteiger partial charge in [0.05, 0.1) is 12.0 Å². The zero-order valence-electron chi connectivity index (χ0n) is 20.1. The molecule has 3 aromatic rings. The van der Waals surface area contributed by atoms with Crippen molar-refractivity contribution in [2.24, 2.45) is 0 Å². The number of nitrogens with zero attached hydrogens (tertiary/aromatic N) is 1. The summed E-state index contributed by atoms with van der Waals surface area (Å²) in [6.45, 7) is -0.0919. The Hall–Kier alpha value is -4.15. The normalized spacial score (nSPS) is 15.2. The van der Waals surface area contributed by atoms with Gasteiger partial charge in [-0.3, -0.25) is 19.3 Å². The van der Waals surface area contributed by atoms with Crippen LogP contribution in [0, 0.1) is 0 Å². The molecule has 2 aliphatic heterocycles. The van der Waals surface area contributed by atoms with Crippen molar-refractivity contribution in [3.63, 3.8) is 0 Å². The molecule has 0 bridgehead atoms. The number of halogens is 1. The van der Waals surface area contributed by atoms with Crippen molar-refractivity contribution >= 4 is 52.2 Å². The first-order chi connectivity index (χ1) is 18.4. The van der Waals surface area contributed by atoms with E-state index < -0.39 is 23.6 Å². The van der Waals surface area contributed by atoms with Crippen LogP contribution in [-0.4, -0.2) is 42.4 Å². The number of carbonyl (C=O) groups is 3. The van der Waals surface area contributed by atoms with Crippen molar-refractivity contribution in [2.75, 3.05) is 25.8 Å². The number of imide groups is 1. The molecule has 0 radical (unpaired) electrons. The number of ether oxygens (including phenoxy) is 4. The highest BCUT2D eigenvalue weighted by Crippen LogP contribution is 2.38. The smallest absolute Gasteiger partial charge is 0.294 e. The van der Waals surface area contributed by atoms with Crippen LogP contribution in [0.5, 0.6) is 23.0 Å². The minimum atomic E-state index is -0.577. The van der Waals surface area contributed by atoms with Crippen LogP contribution in [0.15, 0.2) is 65.6 Å². The lowest BCUT2D eigenvalue weighted by Gasteiger charge is -2.14. The van der Waals surface area contributed by atoms with Crippen molar-refractivity contribution in [3.8, 4) is 23.0 Å². The largest absolute Gasteiger partial charge is 0.493 e. The van der Waals surface area contributed by atoms with E-state index in [1.807, 2.05) is 12.1 Å². The molecule has 0 unspecified atom stereocenters. The molecule has 1 fully saturated rings. The molecule has 0 aromatic heterocycles. The van der Waals surface area contributed by atoms with E-state index >= 15 is 0 Å². The first-order valence-corrected chi connectivity index (χ1v) is 12.6. The van der Waals surface area contributed by atoms with Gasteiger partial charge in [-0.05, 0) is 53.7 Å². The number of thioether (sulfide) groups is 1. The highest BCUT2D eigenvalue weighted by molar-refractivity contribution is 8.18. The summed E-state index contributed by atoms with van der Waals surface area (Å²) in [7, 11) is 1.51. The first kappa shape index (κ1) is 25.5. The molecular weight excluding hydrogens is 532 g/mol. The van der Waals surface area contributed by atoms with Crippen LogP contribution in [0.25, 0.3) is 6.08 Å². The van der Waals surface area contributed by atoms with Gasteiger partial charge in [0.15, 0.2) is 23.0 Å². The number of anilines is 1. The summed E-state index contributed by atoms with van der Waals surface area (Å²) in [5.41, 5.74) is 1.90. The lowest BCUT2D eigenvalue weighted by molar-refractivity contribution is -0.127. The van der Waals surface area contributed by atoms with Crippen molar-refractivity contribution in [1.29, 1.82) is 0 Å². The van der Waals surface area contributed by atoms with Crippen LogP contribution in [0.4, 0.5) is 10.5 Å². The molecule has 1 N–H and O–H groups in total. The fraction of sp³-hybridized carbons (Fsp3) is 0.148. The van der Waals surface area contributed by atoms with Gasteiger partial charge >= 0.3 is 0 Å². The van der Waals surface area contributed by atoms with E-state index in [0.717, 1.165) is 22.2 Å². The molecule has 2 aliphatic rings. The Balaban J connectivity index is 1.30. The minimum Gasteiger partial charge on any atom is -0.493 e. The van der Waals surface area contributed by atoms with Gasteiger partial charge in [-0.1, -0.05) is 35.9 Å². The van der Waals surface area contributed by atoms with Crippen molar-refractivity contribution < 1.29 is 33.3 Å². The van der Waals surface area contributed by atoms with E-state index in [2.05, 4.69) is 5.32 Å². The van der Waals surface area contributed by atoms with Crippen LogP contribution in [0.1, 0.15) is 11.1 Å². The fourth-order valence-electron chi connectivity index (χ4n) is 3.79. The summed E-state index contributed by atoms with van der Waals surface area (Å²) in [4.78, 5) is 39.3. The second-order valence-electron chi connectivity index (χ2n) is 8.18. The van der Waals surface area contributed by atoms with E-state index in [1.165, 1.54) is 7.11 Å². The average molecular weight is 553 g/mol. The molecule has 0 spiro atoms. The maximum atomic E-state index is 13.1. The molecule has 0 aliphatic carbocycles. The Morgan fingerprint density at radius 3 is 2.68 bits per heavy atom. The molecule has 2 heterocycles. The van der Waals surface area contributed by atoms with Crippen LogP contribution in [0.2, 0.25) is 5.02 Å². The molecule has 3 aromatic carbocycles. The number of para-hydroxylation sites is 1. The number of fused-ring (bicyclic) bond motifs is 1. The van der Waals surface area contributed by atoms with Crippen molar-refractivity contribution in [2.45, 2.75) is 6.61 Å². The predicted molar refractivity (Wildman–Crippen MR) is 143 cm³/mol. The van der Waals surface area contributed by atoms with Crippen LogP contribution >= 0.6 is 23.4 Å². The number of carbonyl (C=O) groups excluding carboxylic acids is 3. The molecule has 11 heteroatoms. The number of rotatable bonds is 8. The number of benzene rings is 3. The lowest BCUT2D eigenvalue weighted by Crippen LogP contribution is -2.36. The molecule has 3 amide bonds. The summed E-state index contributed by atoms with van der Waals surface area (Å²) >= 11 is 6.71. The standard InChI is InChI=1S/C27H21ClN2O7S/c1-34-21-4-2-3-17(25(21)35-14-16-5-7-18(28)8-6-16)11-23-26(32)30(27(33)38-23)13-24(31)29-19-9-10-20-22(12-19)37-15-36-20/h2-12H,13-15H2,1H3,(H,29,31)/b23-11+. The minimum absolute atomic E-state index is 0.108. The van der Waals surface area contributed by atoms with Crippen molar-refractivity contribution in [1.82, 2.24) is 4.90 Å². The zero-order chi connectivity index (χ0) is 26.6. The van der Waals surface area contributed by atoms with Gasteiger partial charge in [0, 0.05) is 22.3 Å². The molecule has 0 saturated carbocycles. The number of hydrogen-bond donors (Lipinski definition) is 1. The zero-order valence-corrected chi connectivity index (χ0v) is 21.6. The van der Waals surface area contributed by atoms with Gasteiger partial charge < -0.3 is 24.3 Å². The number of nitrogens with one attached hydrogen (secondary N) is 1. The number of methoxy groups -OCH3 is 1. The average Bonchev–Trinajstić information content (AvgIpc) is 3.48. The van der Waals surface area contributed by atoms with E-state index in [4.69, 9.17) is 30.5 Å². The van der Waals surface area contributed by atoms with E-state index in [0.29, 0.717) is 39.3 Å². The van der Waals surface area contributed by atoms with Crippen LogP contribution in [0.3, 0.4) is 0 Å². The molecule has 1 saturated heterocycles. The van der Waals surface area contributed by atoms with Gasteiger partial charge in [0.2, 0.25) is 12.7 Å². The molecule has 0 atom stereocenters. The lowest BCUT2D eigenvalue weighted by atomic mass is 10.1. The van der Waals surface area contributed by atoms with Crippen molar-refractivity contribution in [3.05, 3.63) is 81.7 Å². The maximum absolute atomic E-state index is 13.1. The van der Waals surface area contributed by atoms with E-state index in [9.17, 15) is 14.4 Å². The summed E-state index contributed by atoms with van der Waals surface area (Å²) in [6, 6.07) is 17.4. The van der Waals surface area contributed by atoms with Gasteiger partial charge in [-0.2, -0.15) is 0 Å². The summed E-state index contributed by atoms with van der Waals surface area (Å²) < 4.78 is 22.0. The van der Waals surface area contributed by atoms with Gasteiger partial charge in [-0.15, -0.1) is 0 Å². The third kappa shape index (κ3) is 5.56. The van der Waals surface area contributed by atoms with E-state index in [-0.39, 0.29) is 18.3 Å². The summed E-state index contributed by atoms with van der Waals surface area (Å²) in [5, 5.41) is 2.74. The third-order valence-corrected chi connectivity index (χ3v) is 6.80. The highest BCUT2D eigenvalue weighted by atomic mass is 35.5. The molecule has 194 valence electrons. The van der Waals surface area contributed by atoms with E-state index in [1.54, 1.807) is 54.6 Å². The Labute approximate surface area is 227 Å². The summed E-state index contributed by atoms with van der Waals surface area (Å²) in [6.07, 6.45) is 1.56. The topological polar surface area (TPSA) is 103 Å². The monoisotopic (exact) mass is 552 g/mol. The number of hydrogen-bond acceptors (Lipinski definition) is 8. The highest BCUT2D eigenvalue weighted by Gasteiger charge is 2.36. The Bertz CT molecular complexity index is 1440. The second kappa shape index (κ2) is 11.1. The first-order valence-electron chi connectivity index (χ1n) is 11.4. The summed E-state index contributed by atoms with van der Waals surface area (Å²) in [5.74, 6) is 0.859. The van der Waals surface area contributed by atoms with Gasteiger partial charge in [0.25, 0.3) is 11.1 Å². The predicted octanol–water partition coefficient (Wildman–Crippen LogP) is 5.33. The molecule has 38 heavy (non-hydrogen) atoms. The molecule has 9 nitrogen and oxygen atoms in total. The molecule has 5 rings (SSSR count). The van der Waals surface area contributed by atoms with Crippen LogP contribution in [-0.2, 0) is 16.2 Å².